The van der Waals surface area contributed by atoms with E-state index in [0.717, 1.165) is 25.2 Å². The zero-order valence-corrected chi connectivity index (χ0v) is 10.7. The van der Waals surface area contributed by atoms with Crippen molar-refractivity contribution in [2.24, 2.45) is 0 Å². The summed E-state index contributed by atoms with van der Waals surface area (Å²) in [7, 11) is 1.96. The van der Waals surface area contributed by atoms with E-state index in [1.807, 2.05) is 7.05 Å². The molecule has 2 rings (SSSR count). The summed E-state index contributed by atoms with van der Waals surface area (Å²) in [6.07, 6.45) is 0. The Balaban J connectivity index is 2.21. The lowest BCUT2D eigenvalue weighted by atomic mass is 10.1. The van der Waals surface area contributed by atoms with Gasteiger partial charge in [-0.1, -0.05) is 11.6 Å². The summed E-state index contributed by atoms with van der Waals surface area (Å²) in [4.78, 5) is 15.7. The molecule has 0 aromatic heterocycles. The van der Waals surface area contributed by atoms with Crippen molar-refractivity contribution in [2.75, 3.05) is 33.2 Å². The van der Waals surface area contributed by atoms with Crippen molar-refractivity contribution in [3.8, 4) is 0 Å². The van der Waals surface area contributed by atoms with Gasteiger partial charge in [0.15, 0.2) is 5.82 Å². The Morgan fingerprint density at radius 1 is 1.22 bits per heavy atom. The molecule has 0 bridgehead atoms. The molecule has 1 aromatic carbocycles. The van der Waals surface area contributed by atoms with E-state index in [1.165, 1.54) is 0 Å². The summed E-state index contributed by atoms with van der Waals surface area (Å²) in [5.74, 6) is -2.29. The van der Waals surface area contributed by atoms with E-state index in [0.29, 0.717) is 13.1 Å². The number of piperazine rings is 1. The van der Waals surface area contributed by atoms with Crippen LogP contribution >= 0.6 is 11.6 Å². The number of benzene rings is 1. The van der Waals surface area contributed by atoms with E-state index in [1.54, 1.807) is 4.90 Å². The molecule has 18 heavy (non-hydrogen) atoms. The van der Waals surface area contributed by atoms with Gasteiger partial charge in [-0.15, -0.1) is 0 Å². The molecule has 0 saturated carbocycles. The fourth-order valence-electron chi connectivity index (χ4n) is 1.87. The van der Waals surface area contributed by atoms with Gasteiger partial charge in [0, 0.05) is 26.2 Å². The average molecular weight is 275 g/mol. The van der Waals surface area contributed by atoms with Gasteiger partial charge in [0.1, 0.15) is 10.8 Å². The van der Waals surface area contributed by atoms with Crippen molar-refractivity contribution in [3.05, 3.63) is 34.4 Å². The summed E-state index contributed by atoms with van der Waals surface area (Å²) in [6, 6.07) is 2.14. The number of rotatable bonds is 1. The Morgan fingerprint density at radius 3 is 2.44 bits per heavy atom. The molecule has 0 radical (unpaired) electrons. The highest BCUT2D eigenvalue weighted by atomic mass is 35.5. The van der Waals surface area contributed by atoms with E-state index in [2.05, 4.69) is 4.90 Å². The fourth-order valence-corrected chi connectivity index (χ4v) is 2.04. The zero-order chi connectivity index (χ0) is 13.3. The lowest BCUT2D eigenvalue weighted by molar-refractivity contribution is 0.0659. The van der Waals surface area contributed by atoms with Crippen molar-refractivity contribution in [1.29, 1.82) is 0 Å². The average Bonchev–Trinajstić information content (AvgIpc) is 2.36. The maximum atomic E-state index is 13.7. The number of carbonyl (C=O) groups is 1. The third kappa shape index (κ3) is 2.47. The summed E-state index contributed by atoms with van der Waals surface area (Å²) < 4.78 is 26.7. The Labute approximate surface area is 109 Å². The Bertz CT molecular complexity index is 473. The molecule has 0 spiro atoms. The molecule has 1 heterocycles. The molecule has 0 atom stereocenters. The molecular formula is C12H13ClF2N2O. The van der Waals surface area contributed by atoms with Crippen molar-refractivity contribution in [3.63, 3.8) is 0 Å². The lowest BCUT2D eigenvalue weighted by Gasteiger charge is -2.32. The predicted octanol–water partition coefficient (Wildman–Crippen LogP) is 2.01. The molecule has 0 aliphatic carbocycles. The first-order valence-electron chi connectivity index (χ1n) is 5.62. The Hall–Kier alpha value is -1.20. The second-order valence-corrected chi connectivity index (χ2v) is 4.70. The highest BCUT2D eigenvalue weighted by Gasteiger charge is 2.24. The molecule has 1 aromatic rings. The molecule has 1 fully saturated rings. The summed E-state index contributed by atoms with van der Waals surface area (Å²) in [5, 5.41) is -0.630. The van der Waals surface area contributed by atoms with E-state index in [9.17, 15) is 13.6 Å². The molecule has 1 saturated heterocycles. The van der Waals surface area contributed by atoms with Crippen molar-refractivity contribution in [1.82, 2.24) is 9.80 Å². The molecular weight excluding hydrogens is 262 g/mol. The van der Waals surface area contributed by atoms with Crippen LogP contribution in [0.2, 0.25) is 5.02 Å². The third-order valence-electron chi connectivity index (χ3n) is 3.06. The molecule has 0 unspecified atom stereocenters. The van der Waals surface area contributed by atoms with Crippen LogP contribution < -0.4 is 0 Å². The topological polar surface area (TPSA) is 23.6 Å². The second-order valence-electron chi connectivity index (χ2n) is 4.32. The van der Waals surface area contributed by atoms with Gasteiger partial charge in [0.2, 0.25) is 0 Å². The van der Waals surface area contributed by atoms with Crippen molar-refractivity contribution < 1.29 is 13.6 Å². The maximum Gasteiger partial charge on any atom is 0.256 e. The minimum absolute atomic E-state index is 0.175. The van der Waals surface area contributed by atoms with Crippen LogP contribution in [0, 0.1) is 11.6 Å². The zero-order valence-electron chi connectivity index (χ0n) is 9.92. The SMILES string of the molecule is CN1CCN(C(=O)c2ccc(F)c(Cl)c2F)CC1. The van der Waals surface area contributed by atoms with Crippen LogP contribution in [0.1, 0.15) is 10.4 Å². The summed E-state index contributed by atoms with van der Waals surface area (Å²) >= 11 is 5.46. The smallest absolute Gasteiger partial charge is 0.256 e. The number of nitrogens with zero attached hydrogens (tertiary/aromatic N) is 2. The first-order chi connectivity index (χ1) is 8.50. The van der Waals surface area contributed by atoms with Crippen LogP contribution in [-0.4, -0.2) is 48.9 Å². The number of likely N-dealkylation sites (N-methyl/N-ethyl adjacent to an activating group) is 1. The molecule has 98 valence electrons. The Kier molecular flexibility index (Phi) is 3.82. The standard InChI is InChI=1S/C12H13ClF2N2O/c1-16-4-6-17(7-5-16)12(18)8-2-3-9(14)10(13)11(8)15/h2-3H,4-7H2,1H3. The monoisotopic (exact) mass is 274 g/mol. The number of amides is 1. The van der Waals surface area contributed by atoms with Gasteiger partial charge in [-0.05, 0) is 19.2 Å². The second kappa shape index (κ2) is 5.20. The van der Waals surface area contributed by atoms with Gasteiger partial charge in [0.25, 0.3) is 5.91 Å². The first-order valence-corrected chi connectivity index (χ1v) is 6.00. The Morgan fingerprint density at radius 2 is 1.83 bits per heavy atom. The van der Waals surface area contributed by atoms with Crippen LogP contribution in [0.15, 0.2) is 12.1 Å². The van der Waals surface area contributed by atoms with Crippen LogP contribution in [0.4, 0.5) is 8.78 Å². The van der Waals surface area contributed by atoms with E-state index in [4.69, 9.17) is 11.6 Å². The number of halogens is 3. The normalized spacial score (nSPS) is 17.0. The highest BCUT2D eigenvalue weighted by molar-refractivity contribution is 6.31. The van der Waals surface area contributed by atoms with Crippen molar-refractivity contribution in [2.45, 2.75) is 0 Å². The van der Waals surface area contributed by atoms with Crippen molar-refractivity contribution >= 4 is 17.5 Å². The van der Waals surface area contributed by atoms with Crippen LogP contribution in [-0.2, 0) is 0 Å². The van der Waals surface area contributed by atoms with Gasteiger partial charge < -0.3 is 9.80 Å². The molecule has 0 N–H and O–H groups in total. The minimum Gasteiger partial charge on any atom is -0.336 e. The summed E-state index contributed by atoms with van der Waals surface area (Å²) in [5.41, 5.74) is -0.175. The maximum absolute atomic E-state index is 13.7. The molecule has 6 heteroatoms. The van der Waals surface area contributed by atoms with Crippen LogP contribution in [0.5, 0.6) is 0 Å². The first kappa shape index (κ1) is 13.2. The molecule has 1 aliphatic rings. The van der Waals surface area contributed by atoms with E-state index in [-0.39, 0.29) is 5.56 Å². The molecule has 1 aliphatic heterocycles. The third-order valence-corrected chi connectivity index (χ3v) is 3.40. The number of carbonyl (C=O) groups excluding carboxylic acids is 1. The minimum atomic E-state index is -0.986. The molecule has 1 amide bonds. The van der Waals surface area contributed by atoms with E-state index < -0.39 is 22.6 Å². The lowest BCUT2D eigenvalue weighted by Crippen LogP contribution is -2.47. The van der Waals surface area contributed by atoms with Gasteiger partial charge in [-0.3, -0.25) is 4.79 Å². The van der Waals surface area contributed by atoms with Gasteiger partial charge in [-0.25, -0.2) is 8.78 Å². The fraction of sp³-hybridized carbons (Fsp3) is 0.417. The summed E-state index contributed by atoms with van der Waals surface area (Å²) in [6.45, 7) is 2.54. The van der Waals surface area contributed by atoms with Gasteiger partial charge in [-0.2, -0.15) is 0 Å². The molecule has 3 nitrogen and oxygen atoms in total. The van der Waals surface area contributed by atoms with Gasteiger partial charge in [0.05, 0.1) is 5.56 Å². The van der Waals surface area contributed by atoms with E-state index >= 15 is 0 Å². The van der Waals surface area contributed by atoms with Crippen LogP contribution in [0.3, 0.4) is 0 Å². The predicted molar refractivity (Wildman–Crippen MR) is 64.8 cm³/mol. The highest BCUT2D eigenvalue weighted by Crippen LogP contribution is 2.23. The van der Waals surface area contributed by atoms with Crippen LogP contribution in [0.25, 0.3) is 0 Å². The number of hydrogen-bond donors (Lipinski definition) is 0. The van der Waals surface area contributed by atoms with Gasteiger partial charge >= 0.3 is 0 Å². The number of hydrogen-bond acceptors (Lipinski definition) is 2. The quantitative estimate of drug-likeness (QED) is 0.732. The largest absolute Gasteiger partial charge is 0.336 e.